The SMILES string of the molecule is C/C(=C\O)C(C)NC1CCC(CNc2nc(N3CCOCC3)cc(-n3c(C(F)F)nc4ccccc43)n2)CC1. The molecule has 1 aliphatic heterocycles. The molecule has 11 heteroatoms. The second-order valence-electron chi connectivity index (χ2n) is 10.5. The molecule has 0 radical (unpaired) electrons. The van der Waals surface area contributed by atoms with Gasteiger partial charge in [0.25, 0.3) is 6.43 Å². The van der Waals surface area contributed by atoms with Gasteiger partial charge in [-0.1, -0.05) is 12.1 Å². The number of aliphatic hydroxyl groups is 1. The number of imidazole rings is 1. The van der Waals surface area contributed by atoms with Gasteiger partial charge in [-0.15, -0.1) is 0 Å². The van der Waals surface area contributed by atoms with Gasteiger partial charge in [-0.25, -0.2) is 13.8 Å². The predicted octanol–water partition coefficient (Wildman–Crippen LogP) is 5.00. The van der Waals surface area contributed by atoms with Gasteiger partial charge in [0.1, 0.15) is 11.6 Å². The summed E-state index contributed by atoms with van der Waals surface area (Å²) in [4.78, 5) is 15.8. The van der Waals surface area contributed by atoms with E-state index in [2.05, 4.69) is 27.4 Å². The van der Waals surface area contributed by atoms with E-state index in [4.69, 9.17) is 14.7 Å². The number of morpholine rings is 1. The lowest BCUT2D eigenvalue weighted by Gasteiger charge is -2.31. The molecule has 0 spiro atoms. The molecule has 1 unspecified atom stereocenters. The number of alkyl halides is 2. The van der Waals surface area contributed by atoms with Crippen LogP contribution in [-0.2, 0) is 4.74 Å². The third kappa shape index (κ3) is 6.30. The smallest absolute Gasteiger partial charge is 0.296 e. The monoisotopic (exact) mass is 541 g/mol. The Balaban J connectivity index is 1.36. The van der Waals surface area contributed by atoms with E-state index in [1.165, 1.54) is 10.8 Å². The Labute approximate surface area is 227 Å². The molecule has 1 saturated heterocycles. The van der Waals surface area contributed by atoms with Crippen molar-refractivity contribution in [3.8, 4) is 5.82 Å². The Kier molecular flexibility index (Phi) is 8.56. The number of hydrogen-bond acceptors (Lipinski definition) is 8. The van der Waals surface area contributed by atoms with Crippen molar-refractivity contribution >= 4 is 22.8 Å². The van der Waals surface area contributed by atoms with Crippen LogP contribution in [0.15, 0.2) is 42.2 Å². The molecule has 3 aromatic rings. The Hall–Kier alpha value is -3.31. The zero-order valence-corrected chi connectivity index (χ0v) is 22.5. The van der Waals surface area contributed by atoms with Crippen LogP contribution in [0, 0.1) is 5.92 Å². The van der Waals surface area contributed by atoms with Crippen molar-refractivity contribution in [3.05, 3.63) is 48.0 Å². The lowest BCUT2D eigenvalue weighted by molar-refractivity contribution is 0.122. The average molecular weight is 542 g/mol. The first-order valence-electron chi connectivity index (χ1n) is 13.7. The summed E-state index contributed by atoms with van der Waals surface area (Å²) in [7, 11) is 0. The molecule has 0 bridgehead atoms. The molecule has 1 aromatic carbocycles. The quantitative estimate of drug-likeness (QED) is 0.326. The summed E-state index contributed by atoms with van der Waals surface area (Å²) in [6.07, 6.45) is 2.62. The number of anilines is 2. The van der Waals surface area contributed by atoms with Gasteiger partial charge in [-0.3, -0.25) is 4.57 Å². The third-order valence-corrected chi connectivity index (χ3v) is 7.81. The standard InChI is InChI=1S/C28H37F2N7O2/c1-18(17-38)19(2)32-21-9-7-20(8-10-21)16-31-28-34-24(36-11-13-39-14-12-36)15-25(35-28)37-23-6-4-3-5-22(23)33-27(37)26(29)30/h3-6,15,17,19-21,26,32,38H,7-14,16H2,1-2H3,(H,31,34,35)/b18-17+. The van der Waals surface area contributed by atoms with E-state index >= 15 is 0 Å². The molecule has 1 aliphatic carbocycles. The maximum Gasteiger partial charge on any atom is 0.296 e. The van der Waals surface area contributed by atoms with Crippen LogP contribution in [0.4, 0.5) is 20.5 Å². The van der Waals surface area contributed by atoms with Crippen LogP contribution in [0.3, 0.4) is 0 Å². The fraction of sp³-hybridized carbons (Fsp3) is 0.536. The number of nitrogens with one attached hydrogen (secondary N) is 2. The van der Waals surface area contributed by atoms with Crippen molar-refractivity contribution in [3.63, 3.8) is 0 Å². The van der Waals surface area contributed by atoms with Crippen LogP contribution in [0.2, 0.25) is 0 Å². The molecular weight excluding hydrogens is 504 g/mol. The van der Waals surface area contributed by atoms with Crippen molar-refractivity contribution in [1.82, 2.24) is 24.8 Å². The number of ether oxygens (including phenoxy) is 1. The van der Waals surface area contributed by atoms with Crippen molar-refractivity contribution < 1.29 is 18.6 Å². The van der Waals surface area contributed by atoms with E-state index in [-0.39, 0.29) is 11.9 Å². The molecule has 0 amide bonds. The van der Waals surface area contributed by atoms with E-state index in [9.17, 15) is 13.9 Å². The van der Waals surface area contributed by atoms with Crippen LogP contribution in [0.25, 0.3) is 16.9 Å². The topological polar surface area (TPSA) is 100 Å². The first kappa shape index (κ1) is 27.3. The number of fused-ring (bicyclic) bond motifs is 1. The van der Waals surface area contributed by atoms with Gasteiger partial charge in [0.15, 0.2) is 5.82 Å². The molecule has 1 atom stereocenters. The number of nitrogens with zero attached hydrogens (tertiary/aromatic N) is 5. The van der Waals surface area contributed by atoms with Gasteiger partial charge in [-0.05, 0) is 63.2 Å². The Morgan fingerprint density at radius 2 is 1.82 bits per heavy atom. The van der Waals surface area contributed by atoms with E-state index in [0.29, 0.717) is 73.4 Å². The third-order valence-electron chi connectivity index (χ3n) is 7.81. The van der Waals surface area contributed by atoms with E-state index in [1.54, 1.807) is 24.3 Å². The molecule has 2 fully saturated rings. The Morgan fingerprint density at radius 1 is 1.10 bits per heavy atom. The fourth-order valence-electron chi connectivity index (χ4n) is 5.37. The molecule has 9 nitrogen and oxygen atoms in total. The summed E-state index contributed by atoms with van der Waals surface area (Å²) < 4.78 is 35.1. The normalized spacial score (nSPS) is 21.5. The van der Waals surface area contributed by atoms with Gasteiger partial charge >= 0.3 is 0 Å². The van der Waals surface area contributed by atoms with Gasteiger partial charge in [0, 0.05) is 37.8 Å². The zero-order chi connectivity index (χ0) is 27.4. The number of rotatable bonds is 9. The summed E-state index contributed by atoms with van der Waals surface area (Å²) in [5.74, 6) is 1.59. The molecule has 5 rings (SSSR count). The van der Waals surface area contributed by atoms with Crippen LogP contribution in [-0.4, -0.2) is 69.6 Å². The summed E-state index contributed by atoms with van der Waals surface area (Å²) >= 11 is 0. The van der Waals surface area contributed by atoms with Gasteiger partial charge in [-0.2, -0.15) is 9.97 Å². The predicted molar refractivity (Wildman–Crippen MR) is 148 cm³/mol. The highest BCUT2D eigenvalue weighted by Crippen LogP contribution is 2.30. The van der Waals surface area contributed by atoms with Crippen molar-refractivity contribution in [2.24, 2.45) is 5.92 Å². The highest BCUT2D eigenvalue weighted by atomic mass is 19.3. The molecule has 39 heavy (non-hydrogen) atoms. The minimum Gasteiger partial charge on any atom is -0.516 e. The zero-order valence-electron chi connectivity index (χ0n) is 22.5. The van der Waals surface area contributed by atoms with Gasteiger partial charge in [0.05, 0.1) is 30.5 Å². The maximum absolute atomic E-state index is 14.1. The molecule has 210 valence electrons. The largest absolute Gasteiger partial charge is 0.516 e. The van der Waals surface area contributed by atoms with Crippen molar-refractivity contribution in [2.75, 3.05) is 43.1 Å². The number of benzene rings is 1. The van der Waals surface area contributed by atoms with Crippen LogP contribution in [0.1, 0.15) is 51.8 Å². The van der Waals surface area contributed by atoms with Crippen molar-refractivity contribution in [2.45, 2.75) is 58.0 Å². The average Bonchev–Trinajstić information content (AvgIpc) is 3.37. The maximum atomic E-state index is 14.1. The number of halogens is 2. The number of aliphatic hydroxyl groups excluding tert-OH is 1. The minimum absolute atomic E-state index is 0.141. The summed E-state index contributed by atoms with van der Waals surface area (Å²) in [5, 5.41) is 16.3. The lowest BCUT2D eigenvalue weighted by Crippen LogP contribution is -2.40. The summed E-state index contributed by atoms with van der Waals surface area (Å²) in [6.45, 7) is 7.20. The molecule has 1 saturated carbocycles. The van der Waals surface area contributed by atoms with Crippen LogP contribution in [0.5, 0.6) is 0 Å². The first-order chi connectivity index (χ1) is 18.9. The van der Waals surface area contributed by atoms with Gasteiger partial charge in [0.2, 0.25) is 5.95 Å². The highest BCUT2D eigenvalue weighted by Gasteiger charge is 2.25. The minimum atomic E-state index is -2.75. The molecule has 2 aromatic heterocycles. The second kappa shape index (κ2) is 12.3. The van der Waals surface area contributed by atoms with Crippen molar-refractivity contribution in [1.29, 1.82) is 0 Å². The molecular formula is C28H37F2N7O2. The second-order valence-corrected chi connectivity index (χ2v) is 10.5. The number of aromatic nitrogens is 4. The highest BCUT2D eigenvalue weighted by molar-refractivity contribution is 5.78. The fourth-order valence-corrected chi connectivity index (χ4v) is 5.37. The summed E-state index contributed by atoms with van der Waals surface area (Å²) in [5.41, 5.74) is 2.00. The molecule has 2 aliphatic rings. The Bertz CT molecular complexity index is 1280. The van der Waals surface area contributed by atoms with E-state index in [1.807, 2.05) is 13.0 Å². The molecule has 3 heterocycles. The number of para-hydroxylation sites is 2. The lowest BCUT2D eigenvalue weighted by atomic mass is 9.85. The van der Waals surface area contributed by atoms with Crippen LogP contribution < -0.4 is 15.5 Å². The molecule has 3 N–H and O–H groups in total. The van der Waals surface area contributed by atoms with E-state index in [0.717, 1.165) is 31.3 Å². The van der Waals surface area contributed by atoms with Gasteiger partial charge < -0.3 is 25.4 Å². The number of hydrogen-bond donors (Lipinski definition) is 3. The summed E-state index contributed by atoms with van der Waals surface area (Å²) in [6, 6.07) is 9.43. The first-order valence-corrected chi connectivity index (χ1v) is 13.7. The Morgan fingerprint density at radius 3 is 2.54 bits per heavy atom. The van der Waals surface area contributed by atoms with E-state index < -0.39 is 6.43 Å². The van der Waals surface area contributed by atoms with Crippen LogP contribution >= 0.6 is 0 Å².